The van der Waals surface area contributed by atoms with Crippen molar-refractivity contribution in [3.05, 3.63) is 106 Å². The lowest BCUT2D eigenvalue weighted by Crippen LogP contribution is -2.29. The van der Waals surface area contributed by atoms with Crippen LogP contribution in [-0.2, 0) is 0 Å². The Morgan fingerprint density at radius 2 is 1.86 bits per heavy atom. The van der Waals surface area contributed by atoms with E-state index in [-0.39, 0.29) is 18.3 Å². The maximum Gasteiger partial charge on any atom is 0.252 e. The van der Waals surface area contributed by atoms with Crippen molar-refractivity contribution in [2.24, 2.45) is 0 Å². The molecule has 2 heterocycles. The highest BCUT2D eigenvalue weighted by Crippen LogP contribution is 2.27. The molecule has 3 aromatic carbocycles. The van der Waals surface area contributed by atoms with E-state index in [1.54, 1.807) is 41.5 Å². The number of fused-ring (bicyclic) bond motifs is 1. The molecule has 2 aromatic heterocycles. The van der Waals surface area contributed by atoms with Gasteiger partial charge >= 0.3 is 0 Å². The number of aryl methyl sites for hydroxylation is 2. The summed E-state index contributed by atoms with van der Waals surface area (Å²) in [5.41, 5.74) is 5.77. The second kappa shape index (κ2) is 9.31. The van der Waals surface area contributed by atoms with Gasteiger partial charge in [-0.25, -0.2) is 9.37 Å². The van der Waals surface area contributed by atoms with Crippen LogP contribution in [0.5, 0.6) is 0 Å². The van der Waals surface area contributed by atoms with Crippen LogP contribution < -0.4 is 5.32 Å². The van der Waals surface area contributed by atoms with E-state index in [0.29, 0.717) is 22.0 Å². The number of rotatable bonds is 6. The lowest BCUT2D eigenvalue weighted by molar-refractivity contribution is 0.0952. The number of amides is 1. The molecule has 0 saturated heterocycles. The molecule has 1 atom stereocenters. The molecule has 0 aliphatic carbocycles. The number of carbonyl (C=O) groups excluding carboxylic acids is 1. The molecule has 7 nitrogen and oxygen atoms in total. The van der Waals surface area contributed by atoms with Gasteiger partial charge in [0.15, 0.2) is 0 Å². The normalized spacial score (nSPS) is 12.1. The zero-order valence-electron chi connectivity index (χ0n) is 19.1. The van der Waals surface area contributed by atoms with E-state index in [1.165, 1.54) is 12.1 Å². The summed E-state index contributed by atoms with van der Waals surface area (Å²) < 4.78 is 15.8. The average molecular weight is 489 g/mol. The SMILES string of the molecule is Cc1cc2nc([C@@H](CNC(=O)c3ccc(-n4cnnc4)cc3Cl)c3cccc(F)c3)[nH]c2cc1C. The van der Waals surface area contributed by atoms with Gasteiger partial charge in [-0.05, 0) is 73.0 Å². The minimum absolute atomic E-state index is 0.198. The molecule has 2 N–H and O–H groups in total. The van der Waals surface area contributed by atoms with E-state index < -0.39 is 5.92 Å². The van der Waals surface area contributed by atoms with Crippen molar-refractivity contribution in [3.63, 3.8) is 0 Å². The van der Waals surface area contributed by atoms with Crippen LogP contribution in [0.4, 0.5) is 4.39 Å². The molecule has 0 aliphatic rings. The van der Waals surface area contributed by atoms with Gasteiger partial charge in [0.05, 0.1) is 27.5 Å². The highest BCUT2D eigenvalue weighted by Gasteiger charge is 2.21. The second-order valence-corrected chi connectivity index (χ2v) is 8.83. The predicted octanol–water partition coefficient (Wildman–Crippen LogP) is 5.11. The number of nitrogens with zero attached hydrogens (tertiary/aromatic N) is 4. The molecule has 5 aromatic rings. The first-order chi connectivity index (χ1) is 16.9. The quantitative estimate of drug-likeness (QED) is 0.347. The van der Waals surface area contributed by atoms with Gasteiger partial charge in [0.1, 0.15) is 24.3 Å². The minimum atomic E-state index is -0.391. The third-order valence-electron chi connectivity index (χ3n) is 6.08. The maximum atomic E-state index is 14.1. The summed E-state index contributed by atoms with van der Waals surface area (Å²) >= 11 is 6.41. The summed E-state index contributed by atoms with van der Waals surface area (Å²) in [5, 5.41) is 10.8. The number of imidazole rings is 1. The van der Waals surface area contributed by atoms with Crippen LogP contribution in [0.2, 0.25) is 5.02 Å². The Balaban J connectivity index is 1.43. The Hall–Kier alpha value is -4.04. The van der Waals surface area contributed by atoms with Gasteiger partial charge in [-0.3, -0.25) is 9.36 Å². The van der Waals surface area contributed by atoms with Crippen molar-refractivity contribution < 1.29 is 9.18 Å². The first kappa shape index (κ1) is 22.7. The van der Waals surface area contributed by atoms with E-state index in [2.05, 4.69) is 20.5 Å². The van der Waals surface area contributed by atoms with Crippen molar-refractivity contribution in [3.8, 4) is 5.69 Å². The number of H-pyrrole nitrogens is 1. The number of hydrogen-bond acceptors (Lipinski definition) is 4. The van der Waals surface area contributed by atoms with E-state index in [0.717, 1.165) is 27.8 Å². The highest BCUT2D eigenvalue weighted by atomic mass is 35.5. The molecule has 0 aliphatic heterocycles. The Labute approximate surface area is 206 Å². The van der Waals surface area contributed by atoms with Crippen LogP contribution in [0, 0.1) is 19.7 Å². The average Bonchev–Trinajstić information content (AvgIpc) is 3.50. The number of halogens is 2. The van der Waals surface area contributed by atoms with Gasteiger partial charge in [0, 0.05) is 12.2 Å². The molecule has 176 valence electrons. The van der Waals surface area contributed by atoms with Gasteiger partial charge in [-0.2, -0.15) is 0 Å². The van der Waals surface area contributed by atoms with Gasteiger partial charge in [0.2, 0.25) is 0 Å². The minimum Gasteiger partial charge on any atom is -0.351 e. The summed E-state index contributed by atoms with van der Waals surface area (Å²) in [6.07, 6.45) is 3.09. The molecular weight excluding hydrogens is 467 g/mol. The third kappa shape index (κ3) is 4.65. The summed E-state index contributed by atoms with van der Waals surface area (Å²) in [5.74, 6) is -0.438. The van der Waals surface area contributed by atoms with E-state index in [1.807, 2.05) is 32.0 Å². The molecule has 0 spiro atoms. The van der Waals surface area contributed by atoms with Gasteiger partial charge in [0.25, 0.3) is 5.91 Å². The zero-order valence-corrected chi connectivity index (χ0v) is 19.8. The molecule has 0 saturated carbocycles. The van der Waals surface area contributed by atoms with Crippen LogP contribution in [0.1, 0.15) is 38.8 Å². The third-order valence-corrected chi connectivity index (χ3v) is 6.39. The van der Waals surface area contributed by atoms with E-state index in [4.69, 9.17) is 16.6 Å². The number of nitrogens with one attached hydrogen (secondary N) is 2. The van der Waals surface area contributed by atoms with E-state index >= 15 is 0 Å². The topological polar surface area (TPSA) is 88.5 Å². The van der Waals surface area contributed by atoms with Gasteiger partial charge < -0.3 is 10.3 Å². The molecule has 35 heavy (non-hydrogen) atoms. The Morgan fingerprint density at radius 3 is 2.60 bits per heavy atom. The first-order valence-electron chi connectivity index (χ1n) is 11.0. The maximum absolute atomic E-state index is 14.1. The summed E-state index contributed by atoms with van der Waals surface area (Å²) in [6, 6.07) is 15.5. The molecule has 0 bridgehead atoms. The summed E-state index contributed by atoms with van der Waals surface area (Å²) in [4.78, 5) is 21.1. The fourth-order valence-corrected chi connectivity index (χ4v) is 4.28. The van der Waals surface area contributed by atoms with Crippen LogP contribution in [-0.4, -0.2) is 37.2 Å². The van der Waals surface area contributed by atoms with Crippen molar-refractivity contribution in [1.29, 1.82) is 0 Å². The predicted molar refractivity (Wildman–Crippen MR) is 133 cm³/mol. The first-order valence-corrected chi connectivity index (χ1v) is 11.4. The second-order valence-electron chi connectivity index (χ2n) is 8.43. The largest absolute Gasteiger partial charge is 0.351 e. The molecule has 5 rings (SSSR count). The number of carbonyl (C=O) groups is 1. The van der Waals surface area contributed by atoms with Gasteiger partial charge in [-0.1, -0.05) is 23.7 Å². The zero-order chi connectivity index (χ0) is 24.5. The Kier molecular flexibility index (Phi) is 6.05. The van der Waals surface area contributed by atoms with Crippen molar-refractivity contribution >= 4 is 28.5 Å². The lowest BCUT2D eigenvalue weighted by atomic mass is 9.98. The number of aromatic amines is 1. The van der Waals surface area contributed by atoms with Crippen molar-refractivity contribution in [1.82, 2.24) is 30.0 Å². The molecule has 0 unspecified atom stereocenters. The molecule has 0 radical (unpaired) electrons. The van der Waals surface area contributed by atoms with Crippen LogP contribution >= 0.6 is 11.6 Å². The summed E-state index contributed by atoms with van der Waals surface area (Å²) in [6.45, 7) is 4.27. The number of benzene rings is 3. The van der Waals surface area contributed by atoms with Crippen LogP contribution in [0.3, 0.4) is 0 Å². The highest BCUT2D eigenvalue weighted by molar-refractivity contribution is 6.34. The van der Waals surface area contributed by atoms with E-state index in [9.17, 15) is 9.18 Å². The van der Waals surface area contributed by atoms with Gasteiger partial charge in [-0.15, -0.1) is 10.2 Å². The fraction of sp³-hybridized carbons (Fsp3) is 0.154. The summed E-state index contributed by atoms with van der Waals surface area (Å²) in [7, 11) is 0. The monoisotopic (exact) mass is 488 g/mol. The van der Waals surface area contributed by atoms with Crippen LogP contribution in [0.25, 0.3) is 16.7 Å². The molecule has 9 heteroatoms. The smallest absolute Gasteiger partial charge is 0.252 e. The van der Waals surface area contributed by atoms with Crippen molar-refractivity contribution in [2.75, 3.05) is 6.54 Å². The number of hydrogen-bond donors (Lipinski definition) is 2. The molecule has 1 amide bonds. The molecule has 0 fully saturated rings. The molecular formula is C26H22ClFN6O. The van der Waals surface area contributed by atoms with Crippen molar-refractivity contribution in [2.45, 2.75) is 19.8 Å². The fourth-order valence-electron chi connectivity index (χ4n) is 4.02. The Bertz CT molecular complexity index is 1490. The number of aromatic nitrogens is 5. The standard InChI is InChI=1S/C26H22ClFN6O/c1-15-8-23-24(9-16(15)2)33-25(32-23)21(17-4-3-5-18(28)10-17)12-29-26(35)20-7-6-19(11-22(20)27)34-13-30-31-14-34/h3-11,13-14,21H,12H2,1-2H3,(H,29,35)(H,32,33)/t21-/m0/s1. The lowest BCUT2D eigenvalue weighted by Gasteiger charge is -2.17. The van der Waals surface area contributed by atoms with Crippen LogP contribution in [0.15, 0.2) is 67.3 Å². The Morgan fingerprint density at radius 1 is 1.09 bits per heavy atom.